The van der Waals surface area contributed by atoms with Crippen LogP contribution in [-0.4, -0.2) is 24.7 Å². The van der Waals surface area contributed by atoms with Gasteiger partial charge in [-0.05, 0) is 11.6 Å². The first-order valence-corrected chi connectivity index (χ1v) is 6.56. The molecule has 4 rings (SSSR count). The van der Waals surface area contributed by atoms with Crippen LogP contribution >= 0.6 is 0 Å². The number of nitriles is 2. The molecule has 1 fully saturated rings. The minimum atomic E-state index is -1.86. The molecule has 0 radical (unpaired) electrons. The van der Waals surface area contributed by atoms with Crippen LogP contribution in [0.15, 0.2) is 29.3 Å². The molecule has 1 aromatic carbocycles. The number of para-hydroxylation sites is 1. The van der Waals surface area contributed by atoms with Crippen LogP contribution in [0.4, 0.5) is 5.69 Å². The van der Waals surface area contributed by atoms with Crippen LogP contribution < -0.4 is 10.6 Å². The molecule has 106 valence electrons. The first-order chi connectivity index (χ1) is 10.5. The Morgan fingerprint density at radius 2 is 1.82 bits per heavy atom. The topological polar surface area (TPSA) is 123 Å². The Morgan fingerprint density at radius 1 is 1.18 bits per heavy atom. The Hall–Kier alpha value is -3.19. The van der Waals surface area contributed by atoms with Crippen LogP contribution in [0.25, 0.3) is 0 Å². The van der Waals surface area contributed by atoms with Gasteiger partial charge in [0.05, 0.1) is 12.1 Å². The maximum atomic E-state index is 12.9. The highest BCUT2D eigenvalue weighted by molar-refractivity contribution is 6.30. The second-order valence-corrected chi connectivity index (χ2v) is 5.66. The van der Waals surface area contributed by atoms with Crippen molar-refractivity contribution in [2.75, 3.05) is 11.9 Å². The zero-order chi connectivity index (χ0) is 15.9. The number of fused-ring (bicyclic) bond motifs is 5. The SMILES string of the molecule is CN1C(=O)[C@@]2(c3ccccc31)[C@@]1(C#N)C(=O)N=C(N)[C@]12C#N. The first kappa shape index (κ1) is 12.5. The van der Waals surface area contributed by atoms with E-state index >= 15 is 0 Å². The summed E-state index contributed by atoms with van der Waals surface area (Å²) in [6, 6.07) is 10.7. The van der Waals surface area contributed by atoms with Crippen molar-refractivity contribution in [1.82, 2.24) is 0 Å². The van der Waals surface area contributed by atoms with E-state index in [4.69, 9.17) is 5.73 Å². The molecule has 3 atom stereocenters. The van der Waals surface area contributed by atoms with Crippen molar-refractivity contribution in [2.45, 2.75) is 5.41 Å². The lowest BCUT2D eigenvalue weighted by atomic mass is 9.85. The number of aliphatic imine (C=N–C) groups is 1. The van der Waals surface area contributed by atoms with Gasteiger partial charge in [0.2, 0.25) is 5.91 Å². The minimum absolute atomic E-state index is 0.250. The second kappa shape index (κ2) is 3.18. The number of benzene rings is 1. The number of carbonyl (C=O) groups is 2. The molecule has 0 bridgehead atoms. The van der Waals surface area contributed by atoms with Gasteiger partial charge in [-0.1, -0.05) is 18.2 Å². The van der Waals surface area contributed by atoms with E-state index in [9.17, 15) is 20.1 Å². The lowest BCUT2D eigenvalue weighted by molar-refractivity contribution is -0.126. The van der Waals surface area contributed by atoms with Crippen molar-refractivity contribution in [3.63, 3.8) is 0 Å². The molecule has 2 N–H and O–H groups in total. The highest BCUT2D eigenvalue weighted by atomic mass is 16.2. The van der Waals surface area contributed by atoms with Gasteiger partial charge in [-0.15, -0.1) is 0 Å². The number of rotatable bonds is 0. The number of nitrogens with zero attached hydrogens (tertiary/aromatic N) is 4. The third kappa shape index (κ3) is 0.751. The van der Waals surface area contributed by atoms with E-state index in [1.54, 1.807) is 31.3 Å². The van der Waals surface area contributed by atoms with Crippen LogP contribution in [0.2, 0.25) is 0 Å². The Labute approximate surface area is 125 Å². The summed E-state index contributed by atoms with van der Waals surface area (Å²) in [5, 5.41) is 19.4. The van der Waals surface area contributed by atoms with E-state index in [0.29, 0.717) is 11.3 Å². The van der Waals surface area contributed by atoms with Gasteiger partial charge in [-0.3, -0.25) is 9.59 Å². The third-order valence-corrected chi connectivity index (χ3v) is 5.18. The van der Waals surface area contributed by atoms with E-state index in [0.717, 1.165) is 0 Å². The van der Waals surface area contributed by atoms with E-state index < -0.39 is 28.1 Å². The van der Waals surface area contributed by atoms with Crippen molar-refractivity contribution in [3.8, 4) is 12.1 Å². The predicted octanol–water partition coefficient (Wildman–Crippen LogP) is -0.168. The fourth-order valence-electron chi connectivity index (χ4n) is 4.27. The number of anilines is 1. The smallest absolute Gasteiger partial charge is 0.271 e. The van der Waals surface area contributed by atoms with Gasteiger partial charge in [0, 0.05) is 12.7 Å². The highest BCUT2D eigenvalue weighted by Crippen LogP contribution is 2.83. The number of hydrogen-bond acceptors (Lipinski definition) is 5. The number of nitrogens with two attached hydrogens (primary N) is 1. The molecule has 3 aliphatic rings. The molecular formula is C15H9N5O2. The average molecular weight is 291 g/mol. The number of carbonyl (C=O) groups excluding carboxylic acids is 2. The van der Waals surface area contributed by atoms with Crippen molar-refractivity contribution in [3.05, 3.63) is 29.8 Å². The molecule has 7 heteroatoms. The zero-order valence-corrected chi connectivity index (χ0v) is 11.5. The average Bonchev–Trinajstić information content (AvgIpc) is 2.94. The molecular weight excluding hydrogens is 282 g/mol. The summed E-state index contributed by atoms with van der Waals surface area (Å²) in [5.41, 5.74) is 1.71. The maximum Gasteiger partial charge on any atom is 0.271 e. The third-order valence-electron chi connectivity index (χ3n) is 5.18. The van der Waals surface area contributed by atoms with Crippen LogP contribution in [0.5, 0.6) is 0 Å². The van der Waals surface area contributed by atoms with Gasteiger partial charge in [0.1, 0.15) is 11.3 Å². The molecule has 0 unspecified atom stereocenters. The Balaban J connectivity index is 2.17. The largest absolute Gasteiger partial charge is 0.386 e. The summed E-state index contributed by atoms with van der Waals surface area (Å²) in [6.07, 6.45) is 0. The zero-order valence-electron chi connectivity index (χ0n) is 11.5. The summed E-state index contributed by atoms with van der Waals surface area (Å²) in [5.74, 6) is -1.53. The van der Waals surface area contributed by atoms with Crippen molar-refractivity contribution in [2.24, 2.45) is 21.6 Å². The monoisotopic (exact) mass is 291 g/mol. The predicted molar refractivity (Wildman–Crippen MR) is 74.3 cm³/mol. The van der Waals surface area contributed by atoms with Crippen molar-refractivity contribution >= 4 is 23.3 Å². The van der Waals surface area contributed by atoms with Gasteiger partial charge in [-0.2, -0.15) is 15.5 Å². The van der Waals surface area contributed by atoms with Crippen LogP contribution in [0.1, 0.15) is 5.56 Å². The summed E-state index contributed by atoms with van der Waals surface area (Å²) in [4.78, 5) is 30.3. The quantitative estimate of drug-likeness (QED) is 0.710. The van der Waals surface area contributed by atoms with Gasteiger partial charge in [-0.25, -0.2) is 0 Å². The minimum Gasteiger partial charge on any atom is -0.386 e. The lowest BCUT2D eigenvalue weighted by Crippen LogP contribution is -2.39. The van der Waals surface area contributed by atoms with E-state index in [1.807, 2.05) is 12.1 Å². The van der Waals surface area contributed by atoms with E-state index in [2.05, 4.69) is 4.99 Å². The number of hydrogen-bond donors (Lipinski definition) is 1. The van der Waals surface area contributed by atoms with Gasteiger partial charge in [0.15, 0.2) is 10.8 Å². The molecule has 0 saturated heterocycles. The Kier molecular flexibility index (Phi) is 1.81. The van der Waals surface area contributed by atoms with E-state index in [1.165, 1.54) is 4.90 Å². The van der Waals surface area contributed by atoms with Crippen LogP contribution in [0.3, 0.4) is 0 Å². The summed E-state index contributed by atoms with van der Waals surface area (Å²) in [6.45, 7) is 0. The normalized spacial score (nSPS) is 37.4. The Morgan fingerprint density at radius 3 is 2.41 bits per heavy atom. The molecule has 1 spiro atoms. The van der Waals surface area contributed by atoms with Crippen molar-refractivity contribution < 1.29 is 9.59 Å². The molecule has 7 nitrogen and oxygen atoms in total. The van der Waals surface area contributed by atoms with Crippen LogP contribution in [-0.2, 0) is 15.0 Å². The molecule has 2 heterocycles. The molecule has 1 saturated carbocycles. The number of amidine groups is 1. The van der Waals surface area contributed by atoms with E-state index in [-0.39, 0.29) is 5.84 Å². The first-order valence-electron chi connectivity index (χ1n) is 6.56. The van der Waals surface area contributed by atoms with Crippen molar-refractivity contribution in [1.29, 1.82) is 10.5 Å². The number of amides is 2. The summed E-state index contributed by atoms with van der Waals surface area (Å²) in [7, 11) is 1.55. The standard InChI is InChI=1S/C15H9N5O2/c1-20-9-5-3-2-4-8(9)15(12(20)22)13(6-16)10(18)19-11(21)14(13,15)7-17/h2-5H,1H3,(H2,18,19,21)/t13-,14+,15-/m1/s1. The molecule has 0 aromatic heterocycles. The highest BCUT2D eigenvalue weighted by Gasteiger charge is 3.02. The molecule has 22 heavy (non-hydrogen) atoms. The molecule has 2 aliphatic heterocycles. The molecule has 1 aromatic rings. The molecule has 2 amide bonds. The van der Waals surface area contributed by atoms with Gasteiger partial charge in [0.25, 0.3) is 5.91 Å². The Bertz CT molecular complexity index is 907. The summed E-state index contributed by atoms with van der Waals surface area (Å²) < 4.78 is 0. The second-order valence-electron chi connectivity index (χ2n) is 5.66. The van der Waals surface area contributed by atoms with Crippen LogP contribution in [0, 0.1) is 33.5 Å². The van der Waals surface area contributed by atoms with Gasteiger partial charge >= 0.3 is 0 Å². The summed E-state index contributed by atoms with van der Waals surface area (Å²) >= 11 is 0. The van der Waals surface area contributed by atoms with Gasteiger partial charge < -0.3 is 10.6 Å². The maximum absolute atomic E-state index is 12.9. The lowest BCUT2D eigenvalue weighted by Gasteiger charge is -2.15. The fraction of sp³-hybridized carbons (Fsp3) is 0.267. The number of likely N-dealkylation sites (N-methyl/N-ethyl adjacent to an activating group) is 1. The molecule has 1 aliphatic carbocycles. The fourth-order valence-corrected chi connectivity index (χ4v) is 4.27.